The quantitative estimate of drug-likeness (QED) is 0.553. The van der Waals surface area contributed by atoms with Crippen molar-refractivity contribution in [3.63, 3.8) is 0 Å². The Kier molecular flexibility index (Phi) is 6.29. The second kappa shape index (κ2) is 8.43. The number of carbonyl (C=O) groups excluding carboxylic acids is 1. The fourth-order valence-electron chi connectivity index (χ4n) is 2.07. The summed E-state index contributed by atoms with van der Waals surface area (Å²) in [5.41, 5.74) is 1.72. The average molecular weight is 320 g/mol. The second-order valence-electron chi connectivity index (χ2n) is 5.13. The smallest absolute Gasteiger partial charge is 0.341 e. The van der Waals surface area contributed by atoms with Gasteiger partial charge in [0.25, 0.3) is 0 Å². The molecule has 0 bridgehead atoms. The van der Waals surface area contributed by atoms with Crippen LogP contribution >= 0.6 is 0 Å². The molecule has 0 saturated heterocycles. The molecule has 0 aliphatic rings. The lowest BCUT2D eigenvalue weighted by Gasteiger charge is -2.07. The zero-order valence-electron chi connectivity index (χ0n) is 13.4. The van der Waals surface area contributed by atoms with E-state index in [4.69, 9.17) is 9.47 Å². The summed E-state index contributed by atoms with van der Waals surface area (Å²) in [6, 6.07) is 5.90. The SMILES string of the molecule is CCCCOCCOC(=O)c1cnn(-c2ccc(F)cc2)c1C. The Balaban J connectivity index is 1.93. The maximum atomic E-state index is 13.0. The molecule has 0 N–H and O–H groups in total. The largest absolute Gasteiger partial charge is 0.460 e. The zero-order valence-corrected chi connectivity index (χ0v) is 13.4. The molecule has 5 nitrogen and oxygen atoms in total. The molecule has 1 heterocycles. The maximum absolute atomic E-state index is 13.0. The van der Waals surface area contributed by atoms with Gasteiger partial charge in [-0.3, -0.25) is 0 Å². The monoisotopic (exact) mass is 320 g/mol. The van der Waals surface area contributed by atoms with Crippen molar-refractivity contribution in [1.82, 2.24) is 9.78 Å². The van der Waals surface area contributed by atoms with Gasteiger partial charge in [0.2, 0.25) is 0 Å². The molecule has 6 heteroatoms. The highest BCUT2D eigenvalue weighted by molar-refractivity contribution is 5.90. The molecular formula is C17H21FN2O3. The normalized spacial score (nSPS) is 10.7. The first-order chi connectivity index (χ1) is 11.1. The molecule has 0 saturated carbocycles. The summed E-state index contributed by atoms with van der Waals surface area (Å²) in [4.78, 5) is 12.1. The number of rotatable bonds is 8. The van der Waals surface area contributed by atoms with Crippen molar-refractivity contribution in [2.75, 3.05) is 19.8 Å². The van der Waals surface area contributed by atoms with Gasteiger partial charge in [0.1, 0.15) is 18.0 Å². The van der Waals surface area contributed by atoms with Crippen LogP contribution in [0.25, 0.3) is 5.69 Å². The topological polar surface area (TPSA) is 53.4 Å². The molecule has 2 aromatic rings. The first-order valence-corrected chi connectivity index (χ1v) is 7.69. The van der Waals surface area contributed by atoms with Crippen LogP contribution in [-0.4, -0.2) is 35.6 Å². The molecular weight excluding hydrogens is 299 g/mol. The lowest BCUT2D eigenvalue weighted by Crippen LogP contribution is -2.12. The summed E-state index contributed by atoms with van der Waals surface area (Å²) < 4.78 is 25.1. The van der Waals surface area contributed by atoms with E-state index in [-0.39, 0.29) is 12.4 Å². The number of nitrogens with zero attached hydrogens (tertiary/aromatic N) is 2. The van der Waals surface area contributed by atoms with Gasteiger partial charge in [-0.25, -0.2) is 13.9 Å². The van der Waals surface area contributed by atoms with Crippen LogP contribution in [0.4, 0.5) is 4.39 Å². The molecule has 0 amide bonds. The van der Waals surface area contributed by atoms with Crippen LogP contribution in [0.3, 0.4) is 0 Å². The number of hydrogen-bond acceptors (Lipinski definition) is 4. The van der Waals surface area contributed by atoms with Crippen molar-refractivity contribution >= 4 is 5.97 Å². The minimum Gasteiger partial charge on any atom is -0.460 e. The van der Waals surface area contributed by atoms with Gasteiger partial charge in [-0.15, -0.1) is 0 Å². The number of carbonyl (C=O) groups is 1. The lowest BCUT2D eigenvalue weighted by atomic mass is 10.2. The summed E-state index contributed by atoms with van der Waals surface area (Å²) in [6.07, 6.45) is 3.53. The Hall–Kier alpha value is -2.21. The van der Waals surface area contributed by atoms with Gasteiger partial charge in [-0.05, 0) is 37.6 Å². The molecule has 0 fully saturated rings. The van der Waals surface area contributed by atoms with Gasteiger partial charge in [0.05, 0.1) is 24.2 Å². The molecule has 0 radical (unpaired) electrons. The molecule has 0 atom stereocenters. The Morgan fingerprint density at radius 3 is 2.65 bits per heavy atom. The summed E-state index contributed by atoms with van der Waals surface area (Å²) in [7, 11) is 0. The number of halogens is 1. The van der Waals surface area contributed by atoms with E-state index < -0.39 is 5.97 Å². The van der Waals surface area contributed by atoms with Crippen LogP contribution in [-0.2, 0) is 9.47 Å². The predicted molar refractivity (Wildman–Crippen MR) is 84.3 cm³/mol. The molecule has 0 unspecified atom stereocenters. The third-order valence-corrected chi connectivity index (χ3v) is 3.40. The predicted octanol–water partition coefficient (Wildman–Crippen LogP) is 3.29. The number of esters is 1. The molecule has 1 aromatic carbocycles. The highest BCUT2D eigenvalue weighted by Crippen LogP contribution is 2.15. The highest BCUT2D eigenvalue weighted by Gasteiger charge is 2.16. The van der Waals surface area contributed by atoms with Crippen LogP contribution in [0.1, 0.15) is 35.8 Å². The van der Waals surface area contributed by atoms with Gasteiger partial charge in [0.15, 0.2) is 0 Å². The first-order valence-electron chi connectivity index (χ1n) is 7.69. The number of ether oxygens (including phenoxy) is 2. The molecule has 0 aliphatic heterocycles. The van der Waals surface area contributed by atoms with Gasteiger partial charge in [-0.1, -0.05) is 13.3 Å². The summed E-state index contributed by atoms with van der Waals surface area (Å²) in [5.74, 6) is -0.754. The number of unbranched alkanes of at least 4 members (excludes halogenated alkanes) is 1. The Morgan fingerprint density at radius 2 is 1.96 bits per heavy atom. The fraction of sp³-hybridized carbons (Fsp3) is 0.412. The summed E-state index contributed by atoms with van der Waals surface area (Å²) in [5, 5.41) is 4.17. The molecule has 0 spiro atoms. The van der Waals surface area contributed by atoms with E-state index in [0.29, 0.717) is 30.2 Å². The van der Waals surface area contributed by atoms with Gasteiger partial charge >= 0.3 is 5.97 Å². The van der Waals surface area contributed by atoms with Crippen LogP contribution < -0.4 is 0 Å². The maximum Gasteiger partial charge on any atom is 0.341 e. The molecule has 1 aromatic heterocycles. The molecule has 23 heavy (non-hydrogen) atoms. The minimum absolute atomic E-state index is 0.212. The number of benzene rings is 1. The minimum atomic E-state index is -0.435. The first kappa shape index (κ1) is 17.1. The van der Waals surface area contributed by atoms with Crippen molar-refractivity contribution in [1.29, 1.82) is 0 Å². The van der Waals surface area contributed by atoms with Crippen LogP contribution in [0.15, 0.2) is 30.5 Å². The van der Waals surface area contributed by atoms with Crippen LogP contribution in [0.2, 0.25) is 0 Å². The molecule has 0 aliphatic carbocycles. The van der Waals surface area contributed by atoms with Crippen molar-refractivity contribution in [2.45, 2.75) is 26.7 Å². The second-order valence-corrected chi connectivity index (χ2v) is 5.13. The van der Waals surface area contributed by atoms with E-state index in [1.807, 2.05) is 0 Å². The van der Waals surface area contributed by atoms with E-state index >= 15 is 0 Å². The van der Waals surface area contributed by atoms with Crippen molar-refractivity contribution in [3.8, 4) is 5.69 Å². The van der Waals surface area contributed by atoms with Crippen LogP contribution in [0.5, 0.6) is 0 Å². The van der Waals surface area contributed by atoms with Gasteiger partial charge in [-0.2, -0.15) is 5.10 Å². The zero-order chi connectivity index (χ0) is 16.7. The van der Waals surface area contributed by atoms with Crippen LogP contribution in [0, 0.1) is 12.7 Å². The van der Waals surface area contributed by atoms with E-state index in [2.05, 4.69) is 12.0 Å². The van der Waals surface area contributed by atoms with E-state index in [1.54, 1.807) is 23.7 Å². The van der Waals surface area contributed by atoms with Crippen molar-refractivity contribution < 1.29 is 18.7 Å². The summed E-state index contributed by atoms with van der Waals surface area (Å²) >= 11 is 0. The standard InChI is InChI=1S/C17H21FN2O3/c1-3-4-9-22-10-11-23-17(21)16-12-19-20(13(16)2)15-7-5-14(18)6-8-15/h5-8,12H,3-4,9-11H2,1-2H3. The molecule has 2 rings (SSSR count). The third kappa shape index (κ3) is 4.63. The Bertz CT molecular complexity index is 638. The average Bonchev–Trinajstić information content (AvgIpc) is 2.93. The van der Waals surface area contributed by atoms with Gasteiger partial charge in [0, 0.05) is 6.61 Å². The number of hydrogen-bond donors (Lipinski definition) is 0. The Morgan fingerprint density at radius 1 is 1.22 bits per heavy atom. The summed E-state index contributed by atoms with van der Waals surface area (Å²) in [6.45, 7) is 5.13. The molecule has 124 valence electrons. The number of aromatic nitrogens is 2. The van der Waals surface area contributed by atoms with Crippen molar-refractivity contribution in [2.24, 2.45) is 0 Å². The van der Waals surface area contributed by atoms with Crippen molar-refractivity contribution in [3.05, 3.63) is 47.5 Å². The van der Waals surface area contributed by atoms with E-state index in [0.717, 1.165) is 12.8 Å². The van der Waals surface area contributed by atoms with E-state index in [1.165, 1.54) is 18.3 Å². The van der Waals surface area contributed by atoms with Gasteiger partial charge < -0.3 is 9.47 Å². The Labute approximate surface area is 135 Å². The highest BCUT2D eigenvalue weighted by atomic mass is 19.1. The fourth-order valence-corrected chi connectivity index (χ4v) is 2.07. The lowest BCUT2D eigenvalue weighted by molar-refractivity contribution is 0.0313. The van der Waals surface area contributed by atoms with E-state index in [9.17, 15) is 9.18 Å². The third-order valence-electron chi connectivity index (χ3n) is 3.40.